The highest BCUT2D eigenvalue weighted by Gasteiger charge is 2.14. The molecule has 0 atom stereocenters. The lowest BCUT2D eigenvalue weighted by molar-refractivity contribution is -0.113. The molecule has 0 saturated carbocycles. The highest BCUT2D eigenvalue weighted by atomic mass is 35.5. The van der Waals surface area contributed by atoms with Crippen LogP contribution in [0.3, 0.4) is 0 Å². The second kappa shape index (κ2) is 8.28. The monoisotopic (exact) mass is 445 g/mol. The average Bonchev–Trinajstić information content (AvgIpc) is 3.14. The summed E-state index contributed by atoms with van der Waals surface area (Å²) in [7, 11) is 0. The van der Waals surface area contributed by atoms with Gasteiger partial charge in [-0.25, -0.2) is 9.67 Å². The van der Waals surface area contributed by atoms with Crippen LogP contribution in [-0.2, 0) is 4.79 Å². The predicted octanol–water partition coefficient (Wildman–Crippen LogP) is 4.15. The van der Waals surface area contributed by atoms with Crippen LogP contribution >= 0.6 is 35.0 Å². The maximum Gasteiger partial charge on any atom is 0.262 e. The molecular weight excluding hydrogens is 433 g/mol. The molecule has 2 N–H and O–H groups in total. The van der Waals surface area contributed by atoms with Gasteiger partial charge in [-0.1, -0.05) is 59.2 Å². The van der Waals surface area contributed by atoms with Crippen molar-refractivity contribution in [3.05, 3.63) is 75.1 Å². The van der Waals surface area contributed by atoms with Gasteiger partial charge in [-0.15, -0.1) is 0 Å². The molecule has 10 heteroatoms. The van der Waals surface area contributed by atoms with Crippen LogP contribution in [0.5, 0.6) is 0 Å². The van der Waals surface area contributed by atoms with Gasteiger partial charge in [0.2, 0.25) is 5.91 Å². The summed E-state index contributed by atoms with van der Waals surface area (Å²) < 4.78 is 1.58. The Balaban J connectivity index is 1.55. The number of benzene rings is 2. The fourth-order valence-corrected chi connectivity index (χ4v) is 3.80. The number of hydrogen-bond donors (Lipinski definition) is 2. The summed E-state index contributed by atoms with van der Waals surface area (Å²) in [6, 6.07) is 14.3. The van der Waals surface area contributed by atoms with Gasteiger partial charge in [0.25, 0.3) is 5.56 Å². The molecule has 1 amide bonds. The Morgan fingerprint density at radius 1 is 1.10 bits per heavy atom. The van der Waals surface area contributed by atoms with Crippen molar-refractivity contribution in [3.63, 3.8) is 0 Å². The van der Waals surface area contributed by atoms with Gasteiger partial charge in [-0.3, -0.25) is 9.59 Å². The van der Waals surface area contributed by atoms with Crippen molar-refractivity contribution >= 4 is 57.6 Å². The van der Waals surface area contributed by atoms with Gasteiger partial charge in [0, 0.05) is 0 Å². The van der Waals surface area contributed by atoms with Crippen molar-refractivity contribution in [2.75, 3.05) is 11.1 Å². The summed E-state index contributed by atoms with van der Waals surface area (Å²) in [4.78, 5) is 31.8. The molecule has 4 aromatic rings. The number of amides is 1. The minimum Gasteiger partial charge on any atom is -0.323 e. The molecule has 0 aliphatic carbocycles. The van der Waals surface area contributed by atoms with E-state index in [1.54, 1.807) is 22.9 Å². The topological polar surface area (TPSA) is 92.7 Å². The average molecular weight is 446 g/mol. The minimum atomic E-state index is -0.329. The smallest absolute Gasteiger partial charge is 0.262 e. The van der Waals surface area contributed by atoms with Gasteiger partial charge in [0.05, 0.1) is 33.4 Å². The van der Waals surface area contributed by atoms with Gasteiger partial charge in [-0.05, 0) is 24.3 Å². The van der Waals surface area contributed by atoms with Crippen molar-refractivity contribution in [2.45, 2.75) is 5.16 Å². The molecule has 29 heavy (non-hydrogen) atoms. The number of nitrogens with zero attached hydrogens (tertiary/aromatic N) is 3. The zero-order valence-corrected chi connectivity index (χ0v) is 17.1. The molecule has 0 spiro atoms. The normalized spacial score (nSPS) is 11.0. The van der Waals surface area contributed by atoms with Gasteiger partial charge < -0.3 is 10.3 Å². The quantitative estimate of drug-likeness (QED) is 0.355. The number of carbonyl (C=O) groups is 1. The van der Waals surface area contributed by atoms with E-state index in [-0.39, 0.29) is 17.2 Å². The van der Waals surface area contributed by atoms with Gasteiger partial charge >= 0.3 is 0 Å². The molecule has 0 radical (unpaired) electrons. The molecule has 0 unspecified atom stereocenters. The maximum absolute atomic E-state index is 12.4. The number of thioether (sulfide) groups is 1. The third kappa shape index (κ3) is 4.14. The standard InChI is InChI=1S/C19H13Cl2N5O2S/c20-13-7-4-8-14(21)16(13)23-15(27)10-29-19-24-17-12(18(28)25-19)9-22-26(17)11-5-2-1-3-6-11/h1-9H,10H2,(H,23,27)(H,24,25,28). The SMILES string of the molecule is O=C(CSc1nc2c(cnn2-c2ccccc2)c(=O)[nH]1)Nc1c(Cl)cccc1Cl. The van der Waals surface area contributed by atoms with Gasteiger partial charge in [-0.2, -0.15) is 5.10 Å². The third-order valence-electron chi connectivity index (χ3n) is 3.98. The van der Waals surface area contributed by atoms with Crippen molar-refractivity contribution < 1.29 is 4.79 Å². The predicted molar refractivity (Wildman–Crippen MR) is 115 cm³/mol. The van der Waals surface area contributed by atoms with Crippen molar-refractivity contribution in [2.24, 2.45) is 0 Å². The summed E-state index contributed by atoms with van der Waals surface area (Å²) in [5.74, 6) is -0.320. The lowest BCUT2D eigenvalue weighted by Gasteiger charge is -2.09. The second-order valence-corrected chi connectivity index (χ2v) is 7.71. The lowest BCUT2D eigenvalue weighted by Crippen LogP contribution is -2.16. The molecule has 2 aromatic heterocycles. The van der Waals surface area contributed by atoms with Crippen LogP contribution in [-0.4, -0.2) is 31.4 Å². The van der Waals surface area contributed by atoms with E-state index in [2.05, 4.69) is 20.4 Å². The van der Waals surface area contributed by atoms with Crippen molar-refractivity contribution in [1.82, 2.24) is 19.7 Å². The van der Waals surface area contributed by atoms with Crippen LogP contribution in [0.4, 0.5) is 5.69 Å². The Morgan fingerprint density at radius 2 is 1.83 bits per heavy atom. The fraction of sp³-hybridized carbons (Fsp3) is 0.0526. The van der Waals surface area contributed by atoms with Crippen LogP contribution in [0.2, 0.25) is 10.0 Å². The summed E-state index contributed by atoms with van der Waals surface area (Å²) in [5, 5.41) is 8.28. The Labute approximate surface area is 179 Å². The summed E-state index contributed by atoms with van der Waals surface area (Å²) in [6.45, 7) is 0. The number of nitrogens with one attached hydrogen (secondary N) is 2. The molecule has 0 bridgehead atoms. The molecular formula is C19H13Cl2N5O2S. The Kier molecular flexibility index (Phi) is 5.57. The van der Waals surface area contributed by atoms with E-state index in [1.165, 1.54) is 6.20 Å². The maximum atomic E-state index is 12.4. The van der Waals surface area contributed by atoms with E-state index in [4.69, 9.17) is 23.2 Å². The first-order valence-electron chi connectivity index (χ1n) is 8.43. The van der Waals surface area contributed by atoms with E-state index >= 15 is 0 Å². The number of hydrogen-bond acceptors (Lipinski definition) is 5. The summed E-state index contributed by atoms with van der Waals surface area (Å²) in [6.07, 6.45) is 1.47. The Morgan fingerprint density at radius 3 is 2.55 bits per heavy atom. The van der Waals surface area contributed by atoms with Crippen molar-refractivity contribution in [3.8, 4) is 5.69 Å². The van der Waals surface area contributed by atoms with Gasteiger partial charge in [0.15, 0.2) is 10.8 Å². The molecule has 2 heterocycles. The number of aromatic nitrogens is 4. The highest BCUT2D eigenvalue weighted by molar-refractivity contribution is 7.99. The zero-order valence-electron chi connectivity index (χ0n) is 14.7. The summed E-state index contributed by atoms with van der Waals surface area (Å²) >= 11 is 13.2. The number of carbonyl (C=O) groups excluding carboxylic acids is 1. The first-order chi connectivity index (χ1) is 14.0. The fourth-order valence-electron chi connectivity index (χ4n) is 2.65. The molecule has 0 aliphatic rings. The lowest BCUT2D eigenvalue weighted by atomic mass is 10.3. The number of aromatic amines is 1. The van der Waals surface area contributed by atoms with E-state index < -0.39 is 0 Å². The van der Waals surface area contributed by atoms with Crippen LogP contribution in [0.1, 0.15) is 0 Å². The Hall–Kier alpha value is -2.81. The van der Waals surface area contributed by atoms with E-state index in [1.807, 2.05) is 30.3 Å². The van der Waals surface area contributed by atoms with Crippen molar-refractivity contribution in [1.29, 1.82) is 0 Å². The first kappa shape index (κ1) is 19.5. The minimum absolute atomic E-state index is 0.00940. The van der Waals surface area contributed by atoms with Crippen LogP contribution < -0.4 is 10.9 Å². The summed E-state index contributed by atoms with van der Waals surface area (Å²) in [5.41, 5.74) is 1.22. The molecule has 7 nitrogen and oxygen atoms in total. The molecule has 0 fully saturated rings. The number of H-pyrrole nitrogens is 1. The Bertz CT molecular complexity index is 1240. The van der Waals surface area contributed by atoms with E-state index in [0.717, 1.165) is 17.4 Å². The second-order valence-electron chi connectivity index (χ2n) is 5.93. The van der Waals surface area contributed by atoms with Gasteiger partial charge in [0.1, 0.15) is 5.39 Å². The molecule has 0 aliphatic heterocycles. The number of para-hydroxylation sites is 2. The highest BCUT2D eigenvalue weighted by Crippen LogP contribution is 2.30. The molecule has 2 aromatic carbocycles. The van der Waals surface area contributed by atoms with Crippen LogP contribution in [0, 0.1) is 0 Å². The van der Waals surface area contributed by atoms with Crippen LogP contribution in [0.15, 0.2) is 64.7 Å². The first-order valence-corrected chi connectivity index (χ1v) is 10.2. The van der Waals surface area contributed by atoms with E-state index in [0.29, 0.717) is 31.9 Å². The largest absolute Gasteiger partial charge is 0.323 e. The molecule has 146 valence electrons. The molecule has 0 saturated heterocycles. The number of halogens is 2. The number of rotatable bonds is 5. The number of anilines is 1. The number of fused-ring (bicyclic) bond motifs is 1. The molecule has 4 rings (SSSR count). The van der Waals surface area contributed by atoms with E-state index in [9.17, 15) is 9.59 Å². The third-order valence-corrected chi connectivity index (χ3v) is 5.49. The van der Waals surface area contributed by atoms with Crippen LogP contribution in [0.25, 0.3) is 16.7 Å². The zero-order chi connectivity index (χ0) is 20.4.